The molecule has 5 rings (SSSR count). The van der Waals surface area contributed by atoms with E-state index < -0.39 is 23.0 Å². The van der Waals surface area contributed by atoms with E-state index in [4.69, 9.17) is 18.6 Å². The summed E-state index contributed by atoms with van der Waals surface area (Å²) in [7, 11) is 0. The second-order valence-electron chi connectivity index (χ2n) is 11.3. The lowest BCUT2D eigenvalue weighted by Gasteiger charge is -2.25. The van der Waals surface area contributed by atoms with Gasteiger partial charge in [0.1, 0.15) is 28.0 Å². The minimum atomic E-state index is -0.894. The van der Waals surface area contributed by atoms with Gasteiger partial charge < -0.3 is 18.5 Å². The minimum Gasteiger partial charge on any atom is -0.493 e. The van der Waals surface area contributed by atoms with Crippen LogP contribution in [0.25, 0.3) is 27.8 Å². The Morgan fingerprint density at radius 1 is 0.894 bits per heavy atom. The molecule has 3 heterocycles. The first kappa shape index (κ1) is 33.0. The summed E-state index contributed by atoms with van der Waals surface area (Å²) in [5.74, 6) is -0.604. The van der Waals surface area contributed by atoms with Crippen LogP contribution in [-0.4, -0.2) is 41.1 Å². The number of nitrogens with one attached hydrogen (secondary N) is 2. The molecule has 12 heteroatoms. The molecule has 0 fully saturated rings. The number of hydrogen-bond donors (Lipinski definition) is 2. The van der Waals surface area contributed by atoms with E-state index in [2.05, 4.69) is 17.8 Å². The smallest absolute Gasteiger partial charge is 0.349 e. The van der Waals surface area contributed by atoms with Crippen LogP contribution in [0.15, 0.2) is 67.0 Å². The van der Waals surface area contributed by atoms with E-state index in [1.807, 2.05) is 49.9 Å². The highest BCUT2D eigenvalue weighted by molar-refractivity contribution is 6.07. The van der Waals surface area contributed by atoms with Crippen LogP contribution in [0.2, 0.25) is 0 Å². The highest BCUT2D eigenvalue weighted by Crippen LogP contribution is 2.26. The summed E-state index contributed by atoms with van der Waals surface area (Å²) in [6.45, 7) is 11.5. The van der Waals surface area contributed by atoms with E-state index in [1.54, 1.807) is 25.1 Å². The van der Waals surface area contributed by atoms with Gasteiger partial charge in [-0.2, -0.15) is 4.98 Å². The number of benzene rings is 2. The number of amides is 2. The molecule has 0 bridgehead atoms. The fraction of sp³-hybridized carbons (Fsp3) is 0.343. The van der Waals surface area contributed by atoms with Crippen molar-refractivity contribution in [2.24, 2.45) is 0 Å². The molecule has 5 aromatic rings. The Morgan fingerprint density at radius 2 is 1.60 bits per heavy atom. The van der Waals surface area contributed by atoms with Gasteiger partial charge in [-0.3, -0.25) is 25.2 Å². The molecule has 0 atom stereocenters. The van der Waals surface area contributed by atoms with Crippen molar-refractivity contribution in [2.75, 3.05) is 24.6 Å². The van der Waals surface area contributed by atoms with Gasteiger partial charge in [0.2, 0.25) is 11.7 Å². The summed E-state index contributed by atoms with van der Waals surface area (Å²) in [5, 5.41) is 0.466. The number of hydrogen-bond acceptors (Lipinski definition) is 9. The number of anilines is 1. The zero-order valence-electron chi connectivity index (χ0n) is 27.3. The SMILES string of the molecule is CCCCOc1ccc2cc(C(=O)NNC(=O)c3c(C)oc4nc(N(CCC)CCC)n(-c5ccc(C)cc5)c(=O)c34)c(=O)oc2c1. The first-order valence-corrected chi connectivity index (χ1v) is 15.9. The molecule has 0 spiro atoms. The Morgan fingerprint density at radius 3 is 2.28 bits per heavy atom. The molecule has 3 aromatic heterocycles. The third-order valence-corrected chi connectivity index (χ3v) is 7.68. The topological polar surface area (TPSA) is 149 Å². The molecule has 0 unspecified atom stereocenters. The Hall–Kier alpha value is -5.39. The van der Waals surface area contributed by atoms with E-state index in [0.717, 1.165) is 31.2 Å². The first-order valence-electron chi connectivity index (χ1n) is 15.9. The van der Waals surface area contributed by atoms with E-state index in [-0.39, 0.29) is 33.6 Å². The van der Waals surface area contributed by atoms with Gasteiger partial charge in [0.25, 0.3) is 17.4 Å². The Labute approximate surface area is 271 Å². The van der Waals surface area contributed by atoms with Crippen molar-refractivity contribution < 1.29 is 23.2 Å². The monoisotopic (exact) mass is 641 g/mol. The van der Waals surface area contributed by atoms with Gasteiger partial charge in [0, 0.05) is 24.5 Å². The fourth-order valence-electron chi connectivity index (χ4n) is 5.33. The molecule has 0 aliphatic carbocycles. The van der Waals surface area contributed by atoms with Gasteiger partial charge >= 0.3 is 5.63 Å². The summed E-state index contributed by atoms with van der Waals surface area (Å²) < 4.78 is 18.4. The van der Waals surface area contributed by atoms with E-state index in [0.29, 0.717) is 42.5 Å². The predicted molar refractivity (Wildman–Crippen MR) is 180 cm³/mol. The lowest BCUT2D eigenvalue weighted by Crippen LogP contribution is -2.43. The van der Waals surface area contributed by atoms with Crippen molar-refractivity contribution in [1.29, 1.82) is 0 Å². The van der Waals surface area contributed by atoms with Gasteiger partial charge in [-0.1, -0.05) is 44.9 Å². The molecule has 0 saturated heterocycles. The van der Waals surface area contributed by atoms with Gasteiger partial charge in [-0.25, -0.2) is 9.36 Å². The van der Waals surface area contributed by atoms with Gasteiger partial charge in [-0.05, 0) is 63.4 Å². The molecule has 246 valence electrons. The highest BCUT2D eigenvalue weighted by atomic mass is 16.5. The number of ether oxygens (including phenoxy) is 1. The van der Waals surface area contributed by atoms with Crippen LogP contribution in [0.3, 0.4) is 0 Å². The van der Waals surface area contributed by atoms with Crippen LogP contribution >= 0.6 is 0 Å². The maximum Gasteiger partial charge on any atom is 0.349 e. The maximum absolute atomic E-state index is 14.2. The van der Waals surface area contributed by atoms with Crippen LogP contribution in [0, 0.1) is 13.8 Å². The number of carbonyl (C=O) groups is 2. The third-order valence-electron chi connectivity index (χ3n) is 7.68. The summed E-state index contributed by atoms with van der Waals surface area (Å²) in [4.78, 5) is 60.2. The van der Waals surface area contributed by atoms with Crippen molar-refractivity contribution in [3.63, 3.8) is 0 Å². The molecule has 0 aliphatic rings. The second-order valence-corrected chi connectivity index (χ2v) is 11.3. The zero-order chi connectivity index (χ0) is 33.7. The standard InChI is InChI=1S/C35H39N5O7/c1-6-9-18-45-25-15-12-23-19-26(34(44)47-27(23)20-25)30(41)37-38-31(42)28-22(5)46-32-29(28)33(43)40(24-13-10-21(4)11-14-24)35(36-32)39(16-7-2)17-8-3/h10-15,19-20H,6-9,16-18H2,1-5H3,(H,37,41)(H,38,42). The molecule has 0 radical (unpaired) electrons. The molecule has 2 N–H and O–H groups in total. The van der Waals surface area contributed by atoms with E-state index in [1.165, 1.54) is 10.6 Å². The Balaban J connectivity index is 1.46. The molecule has 2 amide bonds. The predicted octanol–water partition coefficient (Wildman–Crippen LogP) is 5.58. The number of carbonyl (C=O) groups excluding carboxylic acids is 2. The normalized spacial score (nSPS) is 11.2. The van der Waals surface area contributed by atoms with Crippen molar-refractivity contribution in [3.8, 4) is 11.4 Å². The first-order chi connectivity index (χ1) is 22.7. The number of aromatic nitrogens is 2. The molecular weight excluding hydrogens is 602 g/mol. The minimum absolute atomic E-state index is 0.00719. The summed E-state index contributed by atoms with van der Waals surface area (Å²) >= 11 is 0. The summed E-state index contributed by atoms with van der Waals surface area (Å²) in [6, 6.07) is 13.8. The molecule has 2 aromatic carbocycles. The number of unbranched alkanes of at least 4 members (excludes halogenated alkanes) is 1. The lowest BCUT2D eigenvalue weighted by atomic mass is 10.1. The van der Waals surface area contributed by atoms with Crippen molar-refractivity contribution >= 4 is 39.8 Å². The van der Waals surface area contributed by atoms with E-state index >= 15 is 0 Å². The summed E-state index contributed by atoms with van der Waals surface area (Å²) in [6.07, 6.45) is 3.53. The molecule has 47 heavy (non-hydrogen) atoms. The van der Waals surface area contributed by atoms with Gasteiger partial charge in [0.05, 0.1) is 17.9 Å². The zero-order valence-corrected chi connectivity index (χ0v) is 27.3. The van der Waals surface area contributed by atoms with Crippen LogP contribution < -0.4 is 31.7 Å². The van der Waals surface area contributed by atoms with Crippen LogP contribution in [0.1, 0.15) is 78.5 Å². The molecule has 12 nitrogen and oxygen atoms in total. The number of rotatable bonds is 12. The number of nitrogens with zero attached hydrogens (tertiary/aromatic N) is 3. The Kier molecular flexibility index (Phi) is 10.1. The van der Waals surface area contributed by atoms with Crippen molar-refractivity contribution in [1.82, 2.24) is 20.4 Å². The molecule has 0 saturated carbocycles. The van der Waals surface area contributed by atoms with Gasteiger partial charge in [-0.15, -0.1) is 0 Å². The summed E-state index contributed by atoms with van der Waals surface area (Å²) in [5.41, 5.74) is 4.68. The second kappa shape index (κ2) is 14.4. The van der Waals surface area contributed by atoms with Crippen molar-refractivity contribution in [3.05, 3.63) is 91.8 Å². The van der Waals surface area contributed by atoms with Crippen molar-refractivity contribution in [2.45, 2.75) is 60.3 Å². The number of fused-ring (bicyclic) bond motifs is 2. The third kappa shape index (κ3) is 6.91. The lowest BCUT2D eigenvalue weighted by molar-refractivity contribution is 0.0844. The number of aryl methyl sites for hydroxylation is 2. The highest BCUT2D eigenvalue weighted by Gasteiger charge is 2.27. The largest absolute Gasteiger partial charge is 0.493 e. The maximum atomic E-state index is 14.2. The number of furan rings is 1. The van der Waals surface area contributed by atoms with Gasteiger partial charge in [0.15, 0.2) is 0 Å². The molecule has 0 aliphatic heterocycles. The average Bonchev–Trinajstić information content (AvgIpc) is 3.39. The van der Waals surface area contributed by atoms with Crippen LogP contribution in [-0.2, 0) is 0 Å². The Bertz CT molecular complexity index is 2040. The average molecular weight is 642 g/mol. The molecular formula is C35H39N5O7. The van der Waals surface area contributed by atoms with E-state index in [9.17, 15) is 19.2 Å². The quantitative estimate of drug-likeness (QED) is 0.101. The van der Waals surface area contributed by atoms with Crippen LogP contribution in [0.5, 0.6) is 5.75 Å². The fourth-order valence-corrected chi connectivity index (χ4v) is 5.33. The number of hydrazine groups is 1. The van der Waals surface area contributed by atoms with Crippen LogP contribution in [0.4, 0.5) is 5.95 Å².